The van der Waals surface area contributed by atoms with Crippen LogP contribution in [0.1, 0.15) is 33.0 Å². The molecule has 0 fully saturated rings. The van der Waals surface area contributed by atoms with Gasteiger partial charge in [0.05, 0.1) is 11.3 Å². The van der Waals surface area contributed by atoms with Crippen LogP contribution in [-0.2, 0) is 6.42 Å². The molecular weight excluding hydrogens is 278 g/mol. The lowest BCUT2D eigenvalue weighted by atomic mass is 10.1. The third-order valence-corrected chi connectivity index (χ3v) is 4.98. The van der Waals surface area contributed by atoms with Crippen molar-refractivity contribution in [2.24, 2.45) is 0 Å². The second kappa shape index (κ2) is 6.35. The van der Waals surface area contributed by atoms with E-state index in [1.54, 1.807) is 11.3 Å². The first-order chi connectivity index (χ1) is 10.2. The fourth-order valence-corrected chi connectivity index (χ4v) is 3.65. The standard InChI is InChI=1S/C18H20NOS/c1-14-9-10-18(21-14)17(20)13-19-11-5-8-16(19)12-15-6-3-2-4-7-15/h2-4,6-7,9-10H,5,8,11-13H2,1H3/q+1. The molecule has 3 heteroatoms. The zero-order valence-electron chi connectivity index (χ0n) is 12.3. The lowest BCUT2D eigenvalue weighted by molar-refractivity contribution is -0.507. The molecule has 0 spiro atoms. The van der Waals surface area contributed by atoms with Gasteiger partial charge >= 0.3 is 0 Å². The Hall–Kier alpha value is -1.74. The molecule has 0 aliphatic carbocycles. The minimum atomic E-state index is 0.251. The maximum Gasteiger partial charge on any atom is 0.236 e. The van der Waals surface area contributed by atoms with Gasteiger partial charge in [0.25, 0.3) is 0 Å². The first kappa shape index (κ1) is 14.2. The molecule has 0 N–H and O–H groups in total. The number of carbonyl (C=O) groups is 1. The van der Waals surface area contributed by atoms with E-state index in [0.29, 0.717) is 6.54 Å². The molecule has 21 heavy (non-hydrogen) atoms. The van der Waals surface area contributed by atoms with Crippen molar-refractivity contribution in [1.29, 1.82) is 0 Å². The Labute approximate surface area is 129 Å². The lowest BCUT2D eigenvalue weighted by Gasteiger charge is -2.02. The van der Waals surface area contributed by atoms with E-state index < -0.39 is 0 Å². The number of ketones is 1. The molecule has 1 aromatic heterocycles. The summed E-state index contributed by atoms with van der Waals surface area (Å²) in [7, 11) is 0. The number of hydrogen-bond donors (Lipinski definition) is 0. The number of benzene rings is 1. The van der Waals surface area contributed by atoms with E-state index in [9.17, 15) is 4.79 Å². The van der Waals surface area contributed by atoms with Gasteiger partial charge in [0.2, 0.25) is 12.3 Å². The topological polar surface area (TPSA) is 20.1 Å². The Morgan fingerprint density at radius 2 is 2.00 bits per heavy atom. The van der Waals surface area contributed by atoms with Crippen LogP contribution >= 0.6 is 11.3 Å². The third kappa shape index (κ3) is 3.48. The summed E-state index contributed by atoms with van der Waals surface area (Å²) in [5.74, 6) is 0.251. The number of nitrogens with zero attached hydrogens (tertiary/aromatic N) is 1. The average Bonchev–Trinajstić information content (AvgIpc) is 3.10. The van der Waals surface area contributed by atoms with E-state index in [1.807, 2.05) is 25.1 Å². The first-order valence-corrected chi connectivity index (χ1v) is 8.27. The number of carbonyl (C=O) groups excluding carboxylic acids is 1. The summed E-state index contributed by atoms with van der Waals surface area (Å²) in [6, 6.07) is 14.5. The van der Waals surface area contributed by atoms with Crippen molar-refractivity contribution in [2.75, 3.05) is 13.1 Å². The van der Waals surface area contributed by atoms with Gasteiger partial charge in [-0.25, -0.2) is 4.58 Å². The molecule has 108 valence electrons. The second-order valence-corrected chi connectivity index (χ2v) is 6.88. The molecule has 0 unspecified atom stereocenters. The van der Waals surface area contributed by atoms with E-state index in [2.05, 4.69) is 28.8 Å². The Morgan fingerprint density at radius 1 is 1.19 bits per heavy atom. The van der Waals surface area contributed by atoms with Crippen molar-refractivity contribution in [3.05, 3.63) is 57.8 Å². The number of hydrogen-bond acceptors (Lipinski definition) is 2. The van der Waals surface area contributed by atoms with Crippen LogP contribution in [0.2, 0.25) is 0 Å². The van der Waals surface area contributed by atoms with Gasteiger partial charge in [-0.05, 0) is 24.6 Å². The second-order valence-electron chi connectivity index (χ2n) is 5.59. The van der Waals surface area contributed by atoms with Crippen LogP contribution in [0.15, 0.2) is 42.5 Å². The number of thiophene rings is 1. The molecule has 0 saturated carbocycles. The highest BCUT2D eigenvalue weighted by molar-refractivity contribution is 7.14. The Balaban J connectivity index is 1.73. The molecular formula is C18H20NOS+. The highest BCUT2D eigenvalue weighted by atomic mass is 32.1. The Kier molecular flexibility index (Phi) is 4.30. The van der Waals surface area contributed by atoms with Gasteiger partial charge in [-0.2, -0.15) is 0 Å². The fourth-order valence-electron chi connectivity index (χ4n) is 2.85. The van der Waals surface area contributed by atoms with Gasteiger partial charge in [0, 0.05) is 17.7 Å². The van der Waals surface area contributed by atoms with Crippen molar-refractivity contribution < 1.29 is 9.37 Å². The normalized spacial score (nSPS) is 14.7. The minimum absolute atomic E-state index is 0.251. The van der Waals surface area contributed by atoms with Gasteiger partial charge in [-0.1, -0.05) is 30.3 Å². The number of rotatable bonds is 5. The summed E-state index contributed by atoms with van der Waals surface area (Å²) < 4.78 is 2.28. The quantitative estimate of drug-likeness (QED) is 0.608. The predicted octanol–water partition coefficient (Wildman–Crippen LogP) is 3.73. The smallest absolute Gasteiger partial charge is 0.236 e. The van der Waals surface area contributed by atoms with Crippen LogP contribution in [0.3, 0.4) is 0 Å². The van der Waals surface area contributed by atoms with Gasteiger partial charge in [0.1, 0.15) is 6.54 Å². The molecule has 3 rings (SSSR count). The monoisotopic (exact) mass is 298 g/mol. The van der Waals surface area contributed by atoms with Gasteiger partial charge in [0.15, 0.2) is 5.71 Å². The third-order valence-electron chi connectivity index (χ3n) is 3.94. The molecule has 2 nitrogen and oxygen atoms in total. The molecule has 0 radical (unpaired) electrons. The van der Waals surface area contributed by atoms with Crippen molar-refractivity contribution in [3.8, 4) is 0 Å². The average molecular weight is 298 g/mol. The maximum absolute atomic E-state index is 12.4. The van der Waals surface area contributed by atoms with E-state index in [-0.39, 0.29) is 5.78 Å². The molecule has 0 saturated heterocycles. The molecule has 2 aromatic rings. The molecule has 1 aromatic carbocycles. The zero-order chi connectivity index (χ0) is 14.7. The van der Waals surface area contributed by atoms with Crippen LogP contribution < -0.4 is 0 Å². The Bertz CT molecular complexity index is 670. The lowest BCUT2D eigenvalue weighted by Crippen LogP contribution is -2.24. The molecule has 1 aliphatic heterocycles. The van der Waals surface area contributed by atoms with Crippen molar-refractivity contribution in [3.63, 3.8) is 0 Å². The molecule has 0 amide bonds. The number of aryl methyl sites for hydroxylation is 1. The first-order valence-electron chi connectivity index (χ1n) is 7.45. The SMILES string of the molecule is Cc1ccc(C(=O)C[N+]2=C(Cc3ccccc3)CCC2)s1. The van der Waals surface area contributed by atoms with Crippen molar-refractivity contribution in [2.45, 2.75) is 26.2 Å². The van der Waals surface area contributed by atoms with Crippen LogP contribution in [0.5, 0.6) is 0 Å². The molecule has 0 atom stereocenters. The minimum Gasteiger partial charge on any atom is -0.286 e. The summed E-state index contributed by atoms with van der Waals surface area (Å²) in [5, 5.41) is 0. The van der Waals surface area contributed by atoms with E-state index >= 15 is 0 Å². The van der Waals surface area contributed by atoms with Gasteiger partial charge < -0.3 is 0 Å². The fraction of sp³-hybridized carbons (Fsp3) is 0.333. The Morgan fingerprint density at radius 3 is 2.71 bits per heavy atom. The van der Waals surface area contributed by atoms with Crippen LogP contribution in [0.25, 0.3) is 0 Å². The number of Topliss-reactive ketones (excluding diaryl/α,β-unsaturated/α-hetero) is 1. The van der Waals surface area contributed by atoms with Gasteiger partial charge in [-0.15, -0.1) is 11.3 Å². The van der Waals surface area contributed by atoms with Gasteiger partial charge in [-0.3, -0.25) is 4.79 Å². The summed E-state index contributed by atoms with van der Waals surface area (Å²) in [5.41, 5.74) is 2.74. The van der Waals surface area contributed by atoms with E-state index in [0.717, 1.165) is 24.3 Å². The highest BCUT2D eigenvalue weighted by Crippen LogP contribution is 2.17. The predicted molar refractivity (Wildman–Crippen MR) is 87.8 cm³/mol. The summed E-state index contributed by atoms with van der Waals surface area (Å²) in [4.78, 5) is 14.5. The van der Waals surface area contributed by atoms with Crippen molar-refractivity contribution in [1.82, 2.24) is 0 Å². The largest absolute Gasteiger partial charge is 0.286 e. The summed E-state index contributed by atoms with van der Waals surface area (Å²) in [6.45, 7) is 3.59. The summed E-state index contributed by atoms with van der Waals surface area (Å²) >= 11 is 1.60. The van der Waals surface area contributed by atoms with E-state index in [4.69, 9.17) is 0 Å². The molecule has 2 heterocycles. The zero-order valence-corrected chi connectivity index (χ0v) is 13.2. The highest BCUT2D eigenvalue weighted by Gasteiger charge is 2.25. The summed E-state index contributed by atoms with van der Waals surface area (Å²) in [6.07, 6.45) is 3.25. The molecule has 1 aliphatic rings. The van der Waals surface area contributed by atoms with Crippen molar-refractivity contribution >= 4 is 22.8 Å². The van der Waals surface area contributed by atoms with Crippen LogP contribution in [-0.4, -0.2) is 29.2 Å². The maximum atomic E-state index is 12.4. The van der Waals surface area contributed by atoms with Crippen LogP contribution in [0.4, 0.5) is 0 Å². The molecule has 0 bridgehead atoms. The van der Waals surface area contributed by atoms with E-state index in [1.165, 1.54) is 22.6 Å². The van der Waals surface area contributed by atoms with Crippen LogP contribution in [0, 0.1) is 6.92 Å².